The highest BCUT2D eigenvalue weighted by Gasteiger charge is 2.16. The maximum atomic E-state index is 12.4. The maximum Gasteiger partial charge on any atom is 0.251 e. The van der Waals surface area contributed by atoms with Gasteiger partial charge in [-0.2, -0.15) is 0 Å². The van der Waals surface area contributed by atoms with Gasteiger partial charge in [0.15, 0.2) is 0 Å². The molecule has 0 saturated carbocycles. The first-order valence-electron chi connectivity index (χ1n) is 9.82. The number of allylic oxidation sites excluding steroid dienone is 1. The molecule has 2 aromatic rings. The van der Waals surface area contributed by atoms with E-state index >= 15 is 0 Å². The van der Waals surface area contributed by atoms with E-state index in [4.69, 9.17) is 4.52 Å². The van der Waals surface area contributed by atoms with Gasteiger partial charge in [0.2, 0.25) is 0 Å². The van der Waals surface area contributed by atoms with E-state index in [0.29, 0.717) is 18.0 Å². The molecule has 1 heterocycles. The standard InChI is InChI=1S/C23H29N5O2/c1-7-19(23(29)25-8-2)16(4)17(5)22(26-14-24-6)27-21-13-18(10-9-15(21)3)20-11-12-30-28-20/h7,9-14H,8H2,1-6H3,(H,25,29)(H,24,26,27)/b17-16+,19-7+. The second kappa shape index (κ2) is 10.9. The summed E-state index contributed by atoms with van der Waals surface area (Å²) >= 11 is 0. The number of nitrogens with one attached hydrogen (secondary N) is 2. The first-order valence-corrected chi connectivity index (χ1v) is 9.82. The van der Waals surface area contributed by atoms with Crippen LogP contribution in [-0.2, 0) is 4.79 Å². The Kier molecular flexibility index (Phi) is 8.29. The summed E-state index contributed by atoms with van der Waals surface area (Å²) in [6.07, 6.45) is 4.84. The molecule has 30 heavy (non-hydrogen) atoms. The molecule has 0 unspecified atom stereocenters. The van der Waals surface area contributed by atoms with Gasteiger partial charge in [-0.1, -0.05) is 23.4 Å². The molecule has 0 atom stereocenters. The quantitative estimate of drug-likeness (QED) is 0.305. The zero-order valence-electron chi connectivity index (χ0n) is 18.4. The number of carbonyl (C=O) groups is 1. The fourth-order valence-electron chi connectivity index (χ4n) is 2.90. The number of likely N-dealkylation sites (N-methyl/N-ethyl adjacent to an activating group) is 1. The Morgan fingerprint density at radius 2 is 2.00 bits per heavy atom. The Morgan fingerprint density at radius 1 is 1.23 bits per heavy atom. The van der Waals surface area contributed by atoms with Crippen LogP contribution in [0, 0.1) is 6.92 Å². The number of amidine groups is 1. The van der Waals surface area contributed by atoms with E-state index in [1.165, 1.54) is 6.34 Å². The molecule has 2 rings (SSSR count). The number of hydrogen-bond acceptors (Lipinski definition) is 4. The summed E-state index contributed by atoms with van der Waals surface area (Å²) in [6.45, 7) is 10.2. The third-order valence-corrected chi connectivity index (χ3v) is 4.72. The van der Waals surface area contributed by atoms with Crippen LogP contribution in [0.1, 0.15) is 33.3 Å². The van der Waals surface area contributed by atoms with Crippen LogP contribution in [0.3, 0.4) is 0 Å². The molecule has 0 radical (unpaired) electrons. The van der Waals surface area contributed by atoms with Gasteiger partial charge in [-0.05, 0) is 57.4 Å². The monoisotopic (exact) mass is 407 g/mol. The van der Waals surface area contributed by atoms with Crippen LogP contribution in [0.4, 0.5) is 5.69 Å². The fourth-order valence-corrected chi connectivity index (χ4v) is 2.90. The lowest BCUT2D eigenvalue weighted by Gasteiger charge is -2.17. The molecule has 7 nitrogen and oxygen atoms in total. The van der Waals surface area contributed by atoms with Gasteiger partial charge >= 0.3 is 0 Å². The van der Waals surface area contributed by atoms with E-state index in [-0.39, 0.29) is 5.91 Å². The van der Waals surface area contributed by atoms with Crippen LogP contribution < -0.4 is 10.6 Å². The van der Waals surface area contributed by atoms with Crippen molar-refractivity contribution in [2.45, 2.75) is 34.6 Å². The summed E-state index contributed by atoms with van der Waals surface area (Å²) < 4.78 is 4.96. The molecule has 0 aliphatic heterocycles. The van der Waals surface area contributed by atoms with E-state index in [0.717, 1.165) is 33.7 Å². The zero-order chi connectivity index (χ0) is 22.1. The van der Waals surface area contributed by atoms with Crippen LogP contribution in [0.5, 0.6) is 0 Å². The number of nitrogens with zero attached hydrogens (tertiary/aromatic N) is 3. The van der Waals surface area contributed by atoms with Gasteiger partial charge in [0.25, 0.3) is 5.91 Å². The minimum Gasteiger partial charge on any atom is -0.364 e. The lowest BCUT2D eigenvalue weighted by Crippen LogP contribution is -2.26. The molecule has 1 aromatic carbocycles. The number of amides is 1. The van der Waals surface area contributed by atoms with E-state index in [1.807, 2.05) is 65.0 Å². The van der Waals surface area contributed by atoms with Crippen LogP contribution in [0.25, 0.3) is 11.3 Å². The Hall–Kier alpha value is -3.48. The minimum absolute atomic E-state index is 0.107. The van der Waals surface area contributed by atoms with Gasteiger partial charge in [-0.25, -0.2) is 4.99 Å². The second-order valence-electron chi connectivity index (χ2n) is 6.70. The molecular weight excluding hydrogens is 378 g/mol. The van der Waals surface area contributed by atoms with Crippen LogP contribution in [-0.4, -0.2) is 36.8 Å². The number of hydrogen-bond donors (Lipinski definition) is 2. The number of aromatic nitrogens is 1. The van der Waals surface area contributed by atoms with E-state index in [2.05, 4.69) is 25.8 Å². The Bertz CT molecular complexity index is 999. The number of anilines is 1. The lowest BCUT2D eigenvalue weighted by atomic mass is 10.00. The highest BCUT2D eigenvalue weighted by molar-refractivity contribution is 6.13. The summed E-state index contributed by atoms with van der Waals surface area (Å²) in [5.74, 6) is 0.506. The number of aryl methyl sites for hydroxylation is 1. The third kappa shape index (κ3) is 5.53. The van der Waals surface area contributed by atoms with Crippen LogP contribution in [0.2, 0.25) is 0 Å². The second-order valence-corrected chi connectivity index (χ2v) is 6.70. The molecule has 0 spiro atoms. The summed E-state index contributed by atoms with van der Waals surface area (Å²) in [5.41, 5.74) is 5.91. The largest absolute Gasteiger partial charge is 0.364 e. The van der Waals surface area contributed by atoms with Gasteiger partial charge in [0.05, 0.1) is 0 Å². The smallest absolute Gasteiger partial charge is 0.251 e. The van der Waals surface area contributed by atoms with Gasteiger partial charge in [0, 0.05) is 36.5 Å². The minimum atomic E-state index is -0.107. The van der Waals surface area contributed by atoms with Crippen molar-refractivity contribution >= 4 is 23.8 Å². The predicted molar refractivity (Wildman–Crippen MR) is 123 cm³/mol. The topological polar surface area (TPSA) is 91.9 Å². The summed E-state index contributed by atoms with van der Waals surface area (Å²) in [5, 5.41) is 10.3. The molecule has 0 bridgehead atoms. The number of benzene rings is 1. The van der Waals surface area contributed by atoms with Crippen molar-refractivity contribution in [3.05, 3.63) is 58.9 Å². The number of carbonyl (C=O) groups excluding carboxylic acids is 1. The summed E-state index contributed by atoms with van der Waals surface area (Å²) in [4.78, 5) is 20.9. The van der Waals surface area contributed by atoms with Gasteiger partial charge in [0.1, 0.15) is 24.1 Å². The fraction of sp³-hybridized carbons (Fsp3) is 0.304. The van der Waals surface area contributed by atoms with E-state index in [1.54, 1.807) is 13.3 Å². The SMILES string of the molecule is C/C=C(C(=O)NCC)\C(C)=C(/C)C(=NC=NC)Nc1cc(-c2ccon2)ccc1C. The van der Waals surface area contributed by atoms with Crippen LogP contribution >= 0.6 is 0 Å². The highest BCUT2D eigenvalue weighted by Crippen LogP contribution is 2.25. The third-order valence-electron chi connectivity index (χ3n) is 4.72. The molecule has 7 heteroatoms. The zero-order valence-corrected chi connectivity index (χ0v) is 18.4. The van der Waals surface area contributed by atoms with Crippen molar-refractivity contribution < 1.29 is 9.32 Å². The predicted octanol–water partition coefficient (Wildman–Crippen LogP) is 4.54. The van der Waals surface area contributed by atoms with Crippen molar-refractivity contribution in [1.29, 1.82) is 0 Å². The molecule has 2 N–H and O–H groups in total. The normalized spacial score (nSPS) is 13.4. The summed E-state index contributed by atoms with van der Waals surface area (Å²) in [6, 6.07) is 7.81. The number of rotatable bonds is 7. The van der Waals surface area contributed by atoms with Gasteiger partial charge in [-0.15, -0.1) is 0 Å². The lowest BCUT2D eigenvalue weighted by molar-refractivity contribution is -0.117. The molecule has 158 valence electrons. The van der Waals surface area contributed by atoms with Gasteiger partial charge < -0.3 is 15.2 Å². The average Bonchev–Trinajstić information content (AvgIpc) is 3.27. The van der Waals surface area contributed by atoms with Crippen molar-refractivity contribution in [2.75, 3.05) is 18.9 Å². The first kappa shape index (κ1) is 22.8. The molecule has 0 fully saturated rings. The first-order chi connectivity index (χ1) is 14.4. The molecule has 0 aliphatic rings. The molecule has 1 amide bonds. The van der Waals surface area contributed by atoms with E-state index in [9.17, 15) is 4.79 Å². The maximum absolute atomic E-state index is 12.4. The van der Waals surface area contributed by atoms with Gasteiger partial charge in [-0.3, -0.25) is 9.79 Å². The molecule has 1 aromatic heterocycles. The Morgan fingerprint density at radius 3 is 2.60 bits per heavy atom. The Labute approximate surface area is 177 Å². The Balaban J connectivity index is 2.46. The van der Waals surface area contributed by atoms with Crippen molar-refractivity contribution in [3.8, 4) is 11.3 Å². The van der Waals surface area contributed by atoms with Crippen molar-refractivity contribution in [3.63, 3.8) is 0 Å². The summed E-state index contributed by atoms with van der Waals surface area (Å²) in [7, 11) is 1.66. The van der Waals surface area contributed by atoms with Crippen molar-refractivity contribution in [1.82, 2.24) is 10.5 Å². The molecule has 0 saturated heterocycles. The van der Waals surface area contributed by atoms with E-state index < -0.39 is 0 Å². The van der Waals surface area contributed by atoms with Crippen molar-refractivity contribution in [2.24, 2.45) is 9.98 Å². The molecular formula is C23H29N5O2. The van der Waals surface area contributed by atoms with Crippen LogP contribution in [0.15, 0.2) is 67.8 Å². The average molecular weight is 408 g/mol. The molecule has 0 aliphatic carbocycles. The number of aliphatic imine (C=N–C) groups is 2. The highest BCUT2D eigenvalue weighted by atomic mass is 16.5.